The van der Waals surface area contributed by atoms with Crippen LogP contribution < -0.4 is 10.2 Å². The van der Waals surface area contributed by atoms with Gasteiger partial charge in [0.05, 0.1) is 12.9 Å². The summed E-state index contributed by atoms with van der Waals surface area (Å²) in [6.07, 6.45) is 2.65. The summed E-state index contributed by atoms with van der Waals surface area (Å²) in [6.45, 7) is 0.515. The van der Waals surface area contributed by atoms with Gasteiger partial charge in [-0.1, -0.05) is 0 Å². The van der Waals surface area contributed by atoms with Crippen molar-refractivity contribution in [3.63, 3.8) is 0 Å². The summed E-state index contributed by atoms with van der Waals surface area (Å²) in [6, 6.07) is 1.74. The van der Waals surface area contributed by atoms with Crippen LogP contribution in [-0.2, 0) is 14.3 Å². The van der Waals surface area contributed by atoms with Gasteiger partial charge in [0, 0.05) is 26.8 Å². The fraction of sp³-hybridized carbons (Fsp3) is 0.556. The Morgan fingerprint density at radius 3 is 2.82 bits per heavy atom. The third kappa shape index (κ3) is 4.96. The number of anilines is 2. The molecule has 0 aromatic carbocycles. The molecule has 0 bridgehead atoms. The summed E-state index contributed by atoms with van der Waals surface area (Å²) in [5.41, 5.74) is 0. The van der Waals surface area contributed by atoms with E-state index in [9.17, 15) is 8.42 Å². The van der Waals surface area contributed by atoms with Gasteiger partial charge < -0.3 is 10.2 Å². The van der Waals surface area contributed by atoms with Crippen molar-refractivity contribution in [3.05, 3.63) is 12.3 Å². The lowest BCUT2D eigenvalue weighted by molar-refractivity contribution is 0.329. The number of hydrogen-bond donors (Lipinski definition) is 1. The summed E-state index contributed by atoms with van der Waals surface area (Å²) < 4.78 is 26.2. The molecule has 1 rings (SSSR count). The monoisotopic (exact) mass is 260 g/mol. The Morgan fingerprint density at radius 2 is 2.24 bits per heavy atom. The van der Waals surface area contributed by atoms with Crippen molar-refractivity contribution in [2.24, 2.45) is 0 Å². The SMILES string of the molecule is CNc1nccc(N(C)CCOS(C)(=O)=O)n1. The minimum Gasteiger partial charge on any atom is -0.357 e. The van der Waals surface area contributed by atoms with Crippen LogP contribution in [0, 0.1) is 0 Å². The lowest BCUT2D eigenvalue weighted by atomic mass is 10.5. The van der Waals surface area contributed by atoms with E-state index in [4.69, 9.17) is 0 Å². The second kappa shape index (κ2) is 5.78. The second-order valence-corrected chi connectivity index (χ2v) is 5.08. The molecule has 8 heteroatoms. The molecule has 0 saturated heterocycles. The highest BCUT2D eigenvalue weighted by Gasteiger charge is 2.06. The number of nitrogens with one attached hydrogen (secondary N) is 1. The first kappa shape index (κ1) is 13.7. The van der Waals surface area contributed by atoms with Crippen LogP contribution in [0.25, 0.3) is 0 Å². The molecule has 7 nitrogen and oxygen atoms in total. The Bertz CT molecular complexity index is 463. The van der Waals surface area contributed by atoms with Crippen LogP contribution in [0.5, 0.6) is 0 Å². The van der Waals surface area contributed by atoms with Gasteiger partial charge in [0.1, 0.15) is 5.82 Å². The Hall–Kier alpha value is -1.41. The normalized spacial score (nSPS) is 11.2. The molecular formula is C9H16N4O3S. The van der Waals surface area contributed by atoms with Gasteiger partial charge in [-0.2, -0.15) is 13.4 Å². The zero-order chi connectivity index (χ0) is 12.9. The Labute approximate surface area is 101 Å². The maximum atomic E-state index is 10.8. The average molecular weight is 260 g/mol. The van der Waals surface area contributed by atoms with E-state index < -0.39 is 10.1 Å². The highest BCUT2D eigenvalue weighted by atomic mass is 32.2. The van der Waals surface area contributed by atoms with Crippen LogP contribution in [0.4, 0.5) is 11.8 Å². The van der Waals surface area contributed by atoms with Gasteiger partial charge in [0.2, 0.25) is 5.95 Å². The fourth-order valence-electron chi connectivity index (χ4n) is 1.12. The molecule has 0 spiro atoms. The zero-order valence-corrected chi connectivity index (χ0v) is 10.9. The van der Waals surface area contributed by atoms with Gasteiger partial charge in [-0.05, 0) is 6.07 Å². The quantitative estimate of drug-likeness (QED) is 0.717. The van der Waals surface area contributed by atoms with Gasteiger partial charge in [0.25, 0.3) is 10.1 Å². The summed E-state index contributed by atoms with van der Waals surface area (Å²) in [4.78, 5) is 9.97. The molecule has 0 atom stereocenters. The van der Waals surface area contributed by atoms with Crippen molar-refractivity contribution in [1.29, 1.82) is 0 Å². The standard InChI is InChI=1S/C9H16N4O3S/c1-10-9-11-5-4-8(12-9)13(2)6-7-16-17(3,14)15/h4-5H,6-7H2,1-3H3,(H,10,11,12). The van der Waals surface area contributed by atoms with Gasteiger partial charge in [-0.15, -0.1) is 0 Å². The van der Waals surface area contributed by atoms with Crippen LogP contribution in [0.1, 0.15) is 0 Å². The third-order valence-corrected chi connectivity index (χ3v) is 2.57. The second-order valence-electron chi connectivity index (χ2n) is 3.44. The van der Waals surface area contributed by atoms with Crippen molar-refractivity contribution < 1.29 is 12.6 Å². The van der Waals surface area contributed by atoms with E-state index in [0.717, 1.165) is 6.26 Å². The average Bonchev–Trinajstić information content (AvgIpc) is 2.27. The molecule has 1 N–H and O–H groups in total. The number of hydrogen-bond acceptors (Lipinski definition) is 7. The van der Waals surface area contributed by atoms with Gasteiger partial charge >= 0.3 is 0 Å². The van der Waals surface area contributed by atoms with E-state index in [1.165, 1.54) is 0 Å². The summed E-state index contributed by atoms with van der Waals surface area (Å²) in [7, 11) is 0.141. The number of likely N-dealkylation sites (N-methyl/N-ethyl adjacent to an activating group) is 1. The van der Waals surface area contributed by atoms with Crippen molar-refractivity contribution >= 4 is 21.9 Å². The third-order valence-electron chi connectivity index (χ3n) is 1.98. The van der Waals surface area contributed by atoms with Crippen LogP contribution in [-0.4, -0.2) is 51.9 Å². The molecule has 0 aliphatic rings. The van der Waals surface area contributed by atoms with Crippen LogP contribution >= 0.6 is 0 Å². The predicted molar refractivity (Wildman–Crippen MR) is 65.6 cm³/mol. The fourth-order valence-corrected chi connectivity index (χ4v) is 1.50. The maximum Gasteiger partial charge on any atom is 0.264 e. The van der Waals surface area contributed by atoms with Gasteiger partial charge in [-0.25, -0.2) is 4.98 Å². The predicted octanol–water partition coefficient (Wildman–Crippen LogP) is -0.0693. The Balaban J connectivity index is 2.54. The molecule has 96 valence electrons. The Morgan fingerprint density at radius 1 is 1.53 bits per heavy atom. The molecule has 0 radical (unpaired) electrons. The molecule has 0 aliphatic carbocycles. The molecule has 0 amide bonds. The number of nitrogens with zero attached hydrogens (tertiary/aromatic N) is 3. The maximum absolute atomic E-state index is 10.8. The summed E-state index contributed by atoms with van der Waals surface area (Å²) >= 11 is 0. The van der Waals surface area contributed by atoms with Crippen LogP contribution in [0.3, 0.4) is 0 Å². The largest absolute Gasteiger partial charge is 0.357 e. The van der Waals surface area contributed by atoms with E-state index in [1.54, 1.807) is 31.3 Å². The smallest absolute Gasteiger partial charge is 0.264 e. The molecule has 1 heterocycles. The lowest BCUT2D eigenvalue weighted by Crippen LogP contribution is -2.24. The molecular weight excluding hydrogens is 244 g/mol. The van der Waals surface area contributed by atoms with Crippen LogP contribution in [0.15, 0.2) is 12.3 Å². The lowest BCUT2D eigenvalue weighted by Gasteiger charge is -2.17. The van der Waals surface area contributed by atoms with Crippen molar-refractivity contribution in [1.82, 2.24) is 9.97 Å². The van der Waals surface area contributed by atoms with E-state index >= 15 is 0 Å². The molecule has 0 aliphatic heterocycles. The van der Waals surface area contributed by atoms with Crippen LogP contribution in [0.2, 0.25) is 0 Å². The number of rotatable bonds is 6. The topological polar surface area (TPSA) is 84.4 Å². The molecule has 1 aromatic heterocycles. The van der Waals surface area contributed by atoms with Crippen molar-refractivity contribution in [2.45, 2.75) is 0 Å². The van der Waals surface area contributed by atoms with Gasteiger partial charge in [-0.3, -0.25) is 4.18 Å². The molecule has 17 heavy (non-hydrogen) atoms. The van der Waals surface area contributed by atoms with Gasteiger partial charge in [0.15, 0.2) is 0 Å². The molecule has 0 saturated carbocycles. The molecule has 0 fully saturated rings. The summed E-state index contributed by atoms with van der Waals surface area (Å²) in [5.74, 6) is 1.21. The van der Waals surface area contributed by atoms with E-state index in [2.05, 4.69) is 19.5 Å². The minimum absolute atomic E-state index is 0.0915. The van der Waals surface area contributed by atoms with E-state index in [0.29, 0.717) is 18.3 Å². The first-order valence-electron chi connectivity index (χ1n) is 4.98. The van der Waals surface area contributed by atoms with E-state index in [-0.39, 0.29) is 6.61 Å². The first-order valence-corrected chi connectivity index (χ1v) is 6.80. The minimum atomic E-state index is -3.39. The highest BCUT2D eigenvalue weighted by Crippen LogP contribution is 2.09. The zero-order valence-electron chi connectivity index (χ0n) is 10.0. The molecule has 0 unspecified atom stereocenters. The first-order chi connectivity index (χ1) is 7.92. The Kier molecular flexibility index (Phi) is 4.64. The summed E-state index contributed by atoms with van der Waals surface area (Å²) in [5, 5.41) is 2.83. The van der Waals surface area contributed by atoms with Crippen molar-refractivity contribution in [2.75, 3.05) is 43.7 Å². The highest BCUT2D eigenvalue weighted by molar-refractivity contribution is 7.85. The van der Waals surface area contributed by atoms with Crippen molar-refractivity contribution in [3.8, 4) is 0 Å². The molecule has 1 aromatic rings. The number of aromatic nitrogens is 2. The van der Waals surface area contributed by atoms with E-state index in [1.807, 2.05) is 0 Å².